The van der Waals surface area contributed by atoms with Crippen LogP contribution in [-0.2, 0) is 10.0 Å². The maximum atomic E-state index is 12.8. The van der Waals surface area contributed by atoms with Gasteiger partial charge in [-0.1, -0.05) is 64.3 Å². The van der Waals surface area contributed by atoms with Gasteiger partial charge in [0.2, 0.25) is 10.0 Å². The molecule has 0 unspecified atom stereocenters. The van der Waals surface area contributed by atoms with Crippen LogP contribution in [0.25, 0.3) is 0 Å². The van der Waals surface area contributed by atoms with Crippen LogP contribution in [0.15, 0.2) is 149 Å². The molecule has 6 aromatic rings. The van der Waals surface area contributed by atoms with E-state index >= 15 is 0 Å². The number of urea groups is 1. The smallest absolute Gasteiger partial charge is 0.336 e. The number of carboxylic acids is 4. The van der Waals surface area contributed by atoms with E-state index in [0.29, 0.717) is 40.9 Å². The van der Waals surface area contributed by atoms with E-state index in [9.17, 15) is 42.0 Å². The Kier molecular flexibility index (Phi) is 18.3. The molecule has 8 N–H and O–H groups in total. The average Bonchev–Trinajstić information content (AvgIpc) is 3.33. The third-order valence-corrected chi connectivity index (χ3v) is 12.5. The van der Waals surface area contributed by atoms with Gasteiger partial charge in [-0.3, -0.25) is 9.59 Å². The number of anilines is 4. The number of carbonyl (C=O) groups excluding carboxylic acids is 3. The first-order chi connectivity index (χ1) is 32.8. The van der Waals surface area contributed by atoms with Crippen molar-refractivity contribution in [3.8, 4) is 0 Å². The molecular formula is C48H41BrClN5O13S. The van der Waals surface area contributed by atoms with E-state index in [1.807, 2.05) is 0 Å². The Morgan fingerprint density at radius 2 is 1.03 bits per heavy atom. The number of sulfonamides is 1. The van der Waals surface area contributed by atoms with E-state index < -0.39 is 51.7 Å². The van der Waals surface area contributed by atoms with Crippen LogP contribution >= 0.6 is 27.5 Å². The molecule has 1 aliphatic heterocycles. The number of nitrogens with zero attached hydrogens (tertiary/aromatic N) is 1. The number of hydrogen-bond donors (Lipinski definition) is 8. The third-order valence-electron chi connectivity index (χ3n) is 9.75. The highest BCUT2D eigenvalue weighted by atomic mass is 79.9. The fourth-order valence-corrected chi connectivity index (χ4v) is 8.64. The zero-order valence-corrected chi connectivity index (χ0v) is 39.0. The Hall–Kier alpha value is -7.91. The first-order valence-corrected chi connectivity index (χ1v) is 23.0. The van der Waals surface area contributed by atoms with Crippen LogP contribution in [0.3, 0.4) is 0 Å². The Morgan fingerprint density at radius 3 is 1.57 bits per heavy atom. The minimum absolute atomic E-state index is 0.0469. The molecule has 0 saturated carbocycles. The van der Waals surface area contributed by atoms with Crippen LogP contribution in [-0.4, -0.2) is 88.0 Å². The minimum Gasteiger partial charge on any atom is -0.478 e. The van der Waals surface area contributed by atoms with E-state index in [-0.39, 0.29) is 38.3 Å². The molecule has 1 saturated heterocycles. The Bertz CT molecular complexity index is 2960. The fourth-order valence-electron chi connectivity index (χ4n) is 6.35. The van der Waals surface area contributed by atoms with Gasteiger partial charge in [-0.15, -0.1) is 0 Å². The van der Waals surface area contributed by atoms with Crippen LogP contribution in [0.5, 0.6) is 0 Å². The highest BCUT2D eigenvalue weighted by Crippen LogP contribution is 2.27. The van der Waals surface area contributed by atoms with Crippen molar-refractivity contribution in [1.29, 1.82) is 0 Å². The summed E-state index contributed by atoms with van der Waals surface area (Å²) in [5.41, 5.74) is 1.92. The fraction of sp³-hybridized carbons (Fsp3) is 0.104. The molecule has 0 aromatic heterocycles. The molecule has 0 spiro atoms. The summed E-state index contributed by atoms with van der Waals surface area (Å²) in [6.07, 6.45) is 2.70. The second-order valence-corrected chi connectivity index (χ2v) is 17.9. The first kappa shape index (κ1) is 52.1. The van der Waals surface area contributed by atoms with E-state index in [4.69, 9.17) is 32.0 Å². The Balaban J connectivity index is 0.000000196. The van der Waals surface area contributed by atoms with Crippen molar-refractivity contribution in [2.45, 2.75) is 24.2 Å². The summed E-state index contributed by atoms with van der Waals surface area (Å²) < 4.78 is 27.8. The predicted octanol–water partition coefficient (Wildman–Crippen LogP) is 9.59. The first-order valence-electron chi connectivity index (χ1n) is 20.4. The van der Waals surface area contributed by atoms with E-state index in [1.165, 1.54) is 95.3 Å². The summed E-state index contributed by atoms with van der Waals surface area (Å²) in [6.45, 7) is 0.989. The van der Waals surface area contributed by atoms with Crippen LogP contribution in [0.4, 0.5) is 27.5 Å². The number of amides is 4. The van der Waals surface area contributed by atoms with E-state index in [0.717, 1.165) is 23.7 Å². The number of nitrogens with one attached hydrogen (secondary N) is 4. The molecule has 21 heteroatoms. The number of aromatic carboxylic acids is 4. The van der Waals surface area contributed by atoms with Crippen molar-refractivity contribution in [1.82, 2.24) is 4.31 Å². The van der Waals surface area contributed by atoms with Crippen LogP contribution < -0.4 is 21.3 Å². The van der Waals surface area contributed by atoms with Gasteiger partial charge in [0.25, 0.3) is 11.8 Å². The quantitative estimate of drug-likeness (QED) is 0.0567. The SMILES string of the molecule is O=C(Nc1cccc(C(=O)O)c1)Nc1cccc(C(=O)O)c1.O=C(O)c1ccc(NC(=O)c2cccc(S(=O)(=O)N3CCCCC3)c2)cc1.O=C(O)c1ccccc1C(=O)Nc1ccc(Br)cc1Cl. The topological polar surface area (TPSA) is 286 Å². The van der Waals surface area contributed by atoms with Crippen LogP contribution in [0.1, 0.15) is 81.4 Å². The van der Waals surface area contributed by atoms with Gasteiger partial charge in [-0.05, 0) is 122 Å². The minimum atomic E-state index is -3.62. The van der Waals surface area contributed by atoms with Gasteiger partial charge >= 0.3 is 29.9 Å². The van der Waals surface area contributed by atoms with Crippen molar-refractivity contribution in [3.05, 3.63) is 182 Å². The molecule has 0 bridgehead atoms. The standard InChI is InChI=1S/C19H20N2O5S.C15H12N2O5.C14H9BrClNO3/c22-18(20-16-9-7-14(8-10-16)19(23)24)15-5-4-6-17(13-15)27(25,26)21-11-2-1-3-12-21;18-13(19)9-3-1-5-11(7-9)16-15(22)17-12-6-2-4-10(8-12)14(20)21;15-8-5-6-12(11(16)7-8)17-13(18)9-3-1-2-4-10(9)14(19)20/h4-10,13H,1-3,11-12H2,(H,20,22)(H,23,24);1-8H,(H,18,19)(H,20,21)(H2,16,17,22);1-7H,(H,17,18)(H,19,20). The number of hydrogen-bond acceptors (Lipinski definition) is 9. The molecule has 1 heterocycles. The lowest BCUT2D eigenvalue weighted by Crippen LogP contribution is -2.35. The van der Waals surface area contributed by atoms with Crippen molar-refractivity contribution in [2.24, 2.45) is 0 Å². The summed E-state index contributed by atoms with van der Waals surface area (Å²) in [4.78, 5) is 80.1. The number of carbonyl (C=O) groups is 7. The molecule has 0 aliphatic carbocycles. The van der Waals surface area contributed by atoms with Crippen LogP contribution in [0.2, 0.25) is 5.02 Å². The van der Waals surface area contributed by atoms with Gasteiger partial charge < -0.3 is 41.7 Å². The second kappa shape index (κ2) is 24.2. The van der Waals surface area contributed by atoms with Gasteiger partial charge in [0, 0.05) is 40.2 Å². The monoisotopic (exact) mass is 1040 g/mol. The molecule has 356 valence electrons. The molecule has 7 rings (SSSR count). The Labute approximate surface area is 407 Å². The molecule has 0 radical (unpaired) electrons. The lowest BCUT2D eigenvalue weighted by atomic mass is 10.1. The lowest BCUT2D eigenvalue weighted by molar-refractivity contribution is 0.0684. The van der Waals surface area contributed by atoms with E-state index in [1.54, 1.807) is 48.5 Å². The molecule has 1 aliphatic rings. The molecular weight excluding hydrogens is 1000 g/mol. The third kappa shape index (κ3) is 15.0. The lowest BCUT2D eigenvalue weighted by Gasteiger charge is -2.26. The molecule has 0 atom stereocenters. The maximum Gasteiger partial charge on any atom is 0.336 e. The number of rotatable bonds is 12. The predicted molar refractivity (Wildman–Crippen MR) is 260 cm³/mol. The zero-order chi connectivity index (χ0) is 50.3. The number of carboxylic acid groups (broad SMARTS) is 4. The van der Waals surface area contributed by atoms with Crippen LogP contribution in [0, 0.1) is 0 Å². The van der Waals surface area contributed by atoms with Gasteiger partial charge in [-0.25, -0.2) is 32.4 Å². The van der Waals surface area contributed by atoms with Gasteiger partial charge in [-0.2, -0.15) is 4.31 Å². The summed E-state index contributed by atoms with van der Waals surface area (Å²) in [5, 5.41) is 46.3. The number of halogens is 2. The van der Waals surface area contributed by atoms with Crippen molar-refractivity contribution < 1.29 is 62.4 Å². The van der Waals surface area contributed by atoms with E-state index in [2.05, 4.69) is 37.2 Å². The van der Waals surface area contributed by atoms with Crippen molar-refractivity contribution >= 4 is 102 Å². The summed E-state index contributed by atoms with van der Waals surface area (Å²) in [5.74, 6) is -5.39. The molecule has 69 heavy (non-hydrogen) atoms. The Morgan fingerprint density at radius 1 is 0.493 bits per heavy atom. The number of benzene rings is 6. The number of piperidine rings is 1. The molecule has 4 amide bonds. The maximum absolute atomic E-state index is 12.8. The van der Waals surface area contributed by atoms with Gasteiger partial charge in [0.1, 0.15) is 0 Å². The van der Waals surface area contributed by atoms with Crippen molar-refractivity contribution in [3.63, 3.8) is 0 Å². The highest BCUT2D eigenvalue weighted by Gasteiger charge is 2.26. The van der Waals surface area contributed by atoms with Crippen molar-refractivity contribution in [2.75, 3.05) is 34.4 Å². The summed E-state index contributed by atoms with van der Waals surface area (Å²) in [7, 11) is -3.62. The normalized spacial score (nSPS) is 12.0. The largest absolute Gasteiger partial charge is 0.478 e. The molecule has 18 nitrogen and oxygen atoms in total. The van der Waals surface area contributed by atoms with Gasteiger partial charge in [0.15, 0.2) is 0 Å². The average molecular weight is 1040 g/mol. The zero-order valence-electron chi connectivity index (χ0n) is 35.9. The highest BCUT2D eigenvalue weighted by molar-refractivity contribution is 9.10. The molecule has 1 fully saturated rings. The summed E-state index contributed by atoms with van der Waals surface area (Å²) >= 11 is 9.27. The second-order valence-electron chi connectivity index (χ2n) is 14.6. The van der Waals surface area contributed by atoms with Gasteiger partial charge in [0.05, 0.1) is 43.4 Å². The molecule has 6 aromatic carbocycles. The summed E-state index contributed by atoms with van der Waals surface area (Å²) in [6, 6.07) is 33.6.